The summed E-state index contributed by atoms with van der Waals surface area (Å²) < 4.78 is 0. The normalized spacial score (nSPS) is 11.5. The minimum Gasteiger partial charge on any atom is -0.392 e. The molecule has 2 aromatic carbocycles. The fourth-order valence-electron chi connectivity index (χ4n) is 3.07. The second-order valence-electron chi connectivity index (χ2n) is 6.12. The summed E-state index contributed by atoms with van der Waals surface area (Å²) in [7, 11) is 0. The molecular formula is C20H29NO. The molecule has 0 unspecified atom stereocenters. The van der Waals surface area contributed by atoms with Crippen LogP contribution in [0.25, 0.3) is 10.8 Å². The first kappa shape index (κ1) is 17.0. The van der Waals surface area contributed by atoms with Crippen LogP contribution in [0.2, 0.25) is 0 Å². The molecule has 0 radical (unpaired) electrons. The monoisotopic (exact) mass is 299 g/mol. The van der Waals surface area contributed by atoms with Gasteiger partial charge < -0.3 is 10.0 Å². The summed E-state index contributed by atoms with van der Waals surface area (Å²) >= 11 is 0. The minimum absolute atomic E-state index is 0.113. The number of nitrogens with zero attached hydrogens (tertiary/aromatic N) is 1. The van der Waals surface area contributed by atoms with Crippen LogP contribution >= 0.6 is 0 Å². The van der Waals surface area contributed by atoms with E-state index >= 15 is 0 Å². The summed E-state index contributed by atoms with van der Waals surface area (Å²) in [5.74, 6) is 0. The summed E-state index contributed by atoms with van der Waals surface area (Å²) in [5.41, 5.74) is 2.40. The minimum atomic E-state index is 0.113. The summed E-state index contributed by atoms with van der Waals surface area (Å²) in [6.07, 6.45) is 4.84. The van der Waals surface area contributed by atoms with Gasteiger partial charge in [0.25, 0.3) is 0 Å². The Bertz CT molecular complexity index is 573. The molecule has 0 amide bonds. The summed E-state index contributed by atoms with van der Waals surface area (Å²) in [5, 5.41) is 11.7. The van der Waals surface area contributed by atoms with Crippen molar-refractivity contribution in [2.75, 3.05) is 19.6 Å². The van der Waals surface area contributed by atoms with Crippen LogP contribution in [0, 0.1) is 0 Å². The van der Waals surface area contributed by atoms with E-state index < -0.39 is 0 Å². The molecule has 120 valence electrons. The number of fused-ring (bicyclic) bond motifs is 1. The number of aliphatic hydroxyl groups is 1. The molecule has 2 nitrogen and oxygen atoms in total. The molecule has 0 aliphatic heterocycles. The van der Waals surface area contributed by atoms with Crippen molar-refractivity contribution in [3.63, 3.8) is 0 Å². The van der Waals surface area contributed by atoms with Gasteiger partial charge in [0.05, 0.1) is 6.61 Å². The summed E-state index contributed by atoms with van der Waals surface area (Å²) in [4.78, 5) is 2.58. The van der Waals surface area contributed by atoms with Crippen molar-refractivity contribution in [2.24, 2.45) is 0 Å². The Kier molecular flexibility index (Phi) is 6.88. The molecule has 2 heteroatoms. The van der Waals surface area contributed by atoms with Crippen LogP contribution < -0.4 is 0 Å². The van der Waals surface area contributed by atoms with Gasteiger partial charge >= 0.3 is 0 Å². The van der Waals surface area contributed by atoms with Crippen molar-refractivity contribution in [2.45, 2.75) is 46.1 Å². The SMILES string of the molecule is CCCN(CCC)CCCc1ccc2cc(CO)ccc2c1. The van der Waals surface area contributed by atoms with Gasteiger partial charge in [-0.1, -0.05) is 44.2 Å². The van der Waals surface area contributed by atoms with E-state index in [1.54, 1.807) is 0 Å². The van der Waals surface area contributed by atoms with Crippen molar-refractivity contribution < 1.29 is 5.11 Å². The molecule has 0 spiro atoms. The molecule has 1 N–H and O–H groups in total. The Labute approximate surface area is 134 Å². The van der Waals surface area contributed by atoms with E-state index in [1.807, 2.05) is 6.07 Å². The molecule has 0 saturated carbocycles. The van der Waals surface area contributed by atoms with Crippen LogP contribution in [0.5, 0.6) is 0 Å². The van der Waals surface area contributed by atoms with E-state index in [9.17, 15) is 5.11 Å². The van der Waals surface area contributed by atoms with Crippen molar-refractivity contribution >= 4 is 10.8 Å². The Morgan fingerprint density at radius 1 is 0.818 bits per heavy atom. The average molecular weight is 299 g/mol. The Morgan fingerprint density at radius 2 is 1.41 bits per heavy atom. The molecular weight excluding hydrogens is 270 g/mol. The maximum atomic E-state index is 9.20. The topological polar surface area (TPSA) is 23.5 Å². The van der Waals surface area contributed by atoms with E-state index in [2.05, 4.69) is 49.1 Å². The van der Waals surface area contributed by atoms with E-state index in [0.29, 0.717) is 0 Å². The first-order valence-corrected chi connectivity index (χ1v) is 8.61. The maximum Gasteiger partial charge on any atom is 0.0682 e. The van der Waals surface area contributed by atoms with Gasteiger partial charge in [0.15, 0.2) is 0 Å². The molecule has 0 bridgehead atoms. The number of benzene rings is 2. The van der Waals surface area contributed by atoms with Gasteiger partial charge in [-0.05, 0) is 73.3 Å². The zero-order valence-corrected chi connectivity index (χ0v) is 14.0. The number of hydrogen-bond acceptors (Lipinski definition) is 2. The number of aryl methyl sites for hydroxylation is 1. The van der Waals surface area contributed by atoms with E-state index in [0.717, 1.165) is 12.0 Å². The van der Waals surface area contributed by atoms with Gasteiger partial charge in [-0.3, -0.25) is 0 Å². The maximum absolute atomic E-state index is 9.20. The molecule has 2 aromatic rings. The van der Waals surface area contributed by atoms with Crippen molar-refractivity contribution in [3.8, 4) is 0 Å². The van der Waals surface area contributed by atoms with Crippen molar-refractivity contribution in [1.29, 1.82) is 0 Å². The third-order valence-corrected chi connectivity index (χ3v) is 4.17. The average Bonchev–Trinajstić information content (AvgIpc) is 2.54. The highest BCUT2D eigenvalue weighted by Gasteiger charge is 2.03. The van der Waals surface area contributed by atoms with E-state index in [1.165, 1.54) is 55.2 Å². The Balaban J connectivity index is 1.94. The smallest absolute Gasteiger partial charge is 0.0682 e. The summed E-state index contributed by atoms with van der Waals surface area (Å²) in [6, 6.07) is 12.9. The zero-order chi connectivity index (χ0) is 15.8. The molecule has 0 heterocycles. The van der Waals surface area contributed by atoms with Gasteiger partial charge in [-0.15, -0.1) is 0 Å². The lowest BCUT2D eigenvalue weighted by Crippen LogP contribution is -2.26. The lowest BCUT2D eigenvalue weighted by Gasteiger charge is -2.20. The van der Waals surface area contributed by atoms with Gasteiger partial charge in [-0.25, -0.2) is 0 Å². The Hall–Kier alpha value is -1.38. The lowest BCUT2D eigenvalue weighted by atomic mass is 10.0. The predicted molar refractivity (Wildman–Crippen MR) is 95.2 cm³/mol. The highest BCUT2D eigenvalue weighted by Crippen LogP contribution is 2.19. The first-order chi connectivity index (χ1) is 10.8. The third kappa shape index (κ3) is 4.82. The van der Waals surface area contributed by atoms with Crippen molar-refractivity contribution in [1.82, 2.24) is 4.90 Å². The van der Waals surface area contributed by atoms with Gasteiger partial charge in [0.2, 0.25) is 0 Å². The molecule has 0 fully saturated rings. The standard InChI is InChI=1S/C20H29NO/c1-3-11-21(12-4-2)13-5-6-17-7-9-20-15-18(16-22)8-10-19(20)14-17/h7-10,14-15,22H,3-6,11-13,16H2,1-2H3. The molecule has 0 aliphatic rings. The van der Waals surface area contributed by atoms with Gasteiger partial charge in [-0.2, -0.15) is 0 Å². The van der Waals surface area contributed by atoms with Crippen LogP contribution in [0.3, 0.4) is 0 Å². The van der Waals surface area contributed by atoms with Crippen LogP contribution in [-0.4, -0.2) is 29.6 Å². The van der Waals surface area contributed by atoms with Crippen LogP contribution in [0.1, 0.15) is 44.2 Å². The van der Waals surface area contributed by atoms with Gasteiger partial charge in [0, 0.05) is 0 Å². The zero-order valence-electron chi connectivity index (χ0n) is 14.0. The fraction of sp³-hybridized carbons (Fsp3) is 0.500. The molecule has 2 rings (SSSR count). The van der Waals surface area contributed by atoms with E-state index in [4.69, 9.17) is 0 Å². The van der Waals surface area contributed by atoms with Crippen LogP contribution in [-0.2, 0) is 13.0 Å². The quantitative estimate of drug-likeness (QED) is 0.742. The van der Waals surface area contributed by atoms with Crippen molar-refractivity contribution in [3.05, 3.63) is 47.5 Å². The summed E-state index contributed by atoms with van der Waals surface area (Å²) in [6.45, 7) is 8.26. The Morgan fingerprint density at radius 3 is 2.00 bits per heavy atom. The highest BCUT2D eigenvalue weighted by atomic mass is 16.3. The first-order valence-electron chi connectivity index (χ1n) is 8.61. The predicted octanol–water partition coefficient (Wildman–Crippen LogP) is 4.39. The number of rotatable bonds is 9. The number of hydrogen-bond donors (Lipinski definition) is 1. The fourth-order valence-corrected chi connectivity index (χ4v) is 3.07. The van der Waals surface area contributed by atoms with Crippen LogP contribution in [0.15, 0.2) is 36.4 Å². The van der Waals surface area contributed by atoms with E-state index in [-0.39, 0.29) is 6.61 Å². The molecule has 0 saturated heterocycles. The second-order valence-corrected chi connectivity index (χ2v) is 6.12. The molecule has 0 aliphatic carbocycles. The molecule has 22 heavy (non-hydrogen) atoms. The third-order valence-electron chi connectivity index (χ3n) is 4.17. The highest BCUT2D eigenvalue weighted by molar-refractivity contribution is 5.83. The largest absolute Gasteiger partial charge is 0.392 e. The molecule has 0 aromatic heterocycles. The molecule has 0 atom stereocenters. The lowest BCUT2D eigenvalue weighted by molar-refractivity contribution is 0.271. The van der Waals surface area contributed by atoms with Gasteiger partial charge in [0.1, 0.15) is 0 Å². The number of aliphatic hydroxyl groups excluding tert-OH is 1. The van der Waals surface area contributed by atoms with Crippen LogP contribution in [0.4, 0.5) is 0 Å². The second kappa shape index (κ2) is 8.92.